The molecule has 1 aliphatic heterocycles. The summed E-state index contributed by atoms with van der Waals surface area (Å²) in [6.45, 7) is 0. The number of methoxy groups -OCH3 is 1. The summed E-state index contributed by atoms with van der Waals surface area (Å²) in [5, 5.41) is 0.767. The van der Waals surface area contributed by atoms with Crippen molar-refractivity contribution in [1.82, 2.24) is 10.3 Å². The van der Waals surface area contributed by atoms with Gasteiger partial charge in [-0.1, -0.05) is 30.3 Å². The number of thioether (sulfide) groups is 1. The predicted octanol–water partition coefficient (Wildman–Crippen LogP) is 1.57. The molecule has 2 N–H and O–H groups in total. The molecular formula is C17H17N3O4S2. The van der Waals surface area contributed by atoms with Crippen LogP contribution in [0.15, 0.2) is 64.5 Å². The maximum Gasteiger partial charge on any atom is 0.260 e. The van der Waals surface area contributed by atoms with Crippen molar-refractivity contribution in [3.05, 3.63) is 60.2 Å². The van der Waals surface area contributed by atoms with Crippen molar-refractivity contribution in [3.63, 3.8) is 0 Å². The van der Waals surface area contributed by atoms with Gasteiger partial charge in [0.2, 0.25) is 0 Å². The van der Waals surface area contributed by atoms with Gasteiger partial charge in [0.25, 0.3) is 15.9 Å². The summed E-state index contributed by atoms with van der Waals surface area (Å²) in [7, 11) is -2.38. The molecule has 9 heteroatoms. The normalized spacial score (nSPS) is 16.8. The van der Waals surface area contributed by atoms with Crippen LogP contribution >= 0.6 is 11.8 Å². The number of nitrogens with zero attached hydrogens (tertiary/aromatic N) is 1. The Morgan fingerprint density at radius 3 is 2.50 bits per heavy atom. The molecule has 0 aliphatic carbocycles. The van der Waals surface area contributed by atoms with Crippen molar-refractivity contribution < 1.29 is 17.9 Å². The summed E-state index contributed by atoms with van der Waals surface area (Å²) in [6, 6.07) is 14.7. The summed E-state index contributed by atoms with van der Waals surface area (Å²) in [5.41, 5.74) is 3.17. The lowest BCUT2D eigenvalue weighted by Gasteiger charge is -2.10. The van der Waals surface area contributed by atoms with E-state index < -0.39 is 22.0 Å². The molecule has 0 fully saturated rings. The number of aliphatic imine (C=N–C) groups is 1. The van der Waals surface area contributed by atoms with Crippen LogP contribution in [0.1, 0.15) is 5.56 Å². The first-order valence-electron chi connectivity index (χ1n) is 7.71. The smallest absolute Gasteiger partial charge is 0.260 e. The SMILES string of the molecule is COc1ccc(S(=O)(=O)NNC(=O)[C@@H]2CSC(c3ccccc3)=N2)cc1. The molecule has 0 saturated heterocycles. The van der Waals surface area contributed by atoms with E-state index in [4.69, 9.17) is 4.74 Å². The van der Waals surface area contributed by atoms with Gasteiger partial charge in [-0.05, 0) is 24.3 Å². The molecule has 2 aromatic rings. The molecule has 1 atom stereocenters. The van der Waals surface area contributed by atoms with Gasteiger partial charge in [0.05, 0.1) is 17.0 Å². The minimum atomic E-state index is -3.87. The lowest BCUT2D eigenvalue weighted by atomic mass is 10.2. The van der Waals surface area contributed by atoms with Crippen molar-refractivity contribution in [2.24, 2.45) is 4.99 Å². The zero-order valence-corrected chi connectivity index (χ0v) is 15.5. The summed E-state index contributed by atoms with van der Waals surface area (Å²) >= 11 is 1.46. The van der Waals surface area contributed by atoms with E-state index in [0.717, 1.165) is 10.6 Å². The summed E-state index contributed by atoms with van der Waals surface area (Å²) in [5.74, 6) is 0.500. The number of hydrogen-bond donors (Lipinski definition) is 2. The Morgan fingerprint density at radius 2 is 1.85 bits per heavy atom. The van der Waals surface area contributed by atoms with Gasteiger partial charge < -0.3 is 4.74 Å². The van der Waals surface area contributed by atoms with Crippen LogP contribution in [-0.2, 0) is 14.8 Å². The van der Waals surface area contributed by atoms with E-state index in [0.29, 0.717) is 11.5 Å². The van der Waals surface area contributed by atoms with Crippen LogP contribution in [-0.4, -0.2) is 38.3 Å². The Bertz CT molecular complexity index is 913. The second kappa shape index (κ2) is 7.90. The maximum absolute atomic E-state index is 12.2. The second-order valence-corrected chi connectivity index (χ2v) is 8.09. The molecule has 1 amide bonds. The van der Waals surface area contributed by atoms with Crippen LogP contribution in [0.5, 0.6) is 5.75 Å². The number of amides is 1. The molecule has 1 heterocycles. The molecule has 1 aliphatic rings. The number of nitrogens with one attached hydrogen (secondary N) is 2. The van der Waals surface area contributed by atoms with Crippen LogP contribution in [0.3, 0.4) is 0 Å². The summed E-state index contributed by atoms with van der Waals surface area (Å²) in [4.78, 5) is 18.7. The Labute approximate surface area is 155 Å². The van der Waals surface area contributed by atoms with E-state index in [-0.39, 0.29) is 4.90 Å². The van der Waals surface area contributed by atoms with E-state index in [1.807, 2.05) is 30.3 Å². The largest absolute Gasteiger partial charge is 0.497 e. The lowest BCUT2D eigenvalue weighted by Crippen LogP contribution is -2.46. The average molecular weight is 391 g/mol. The van der Waals surface area contributed by atoms with Gasteiger partial charge in [0, 0.05) is 11.3 Å². The van der Waals surface area contributed by atoms with E-state index in [1.54, 1.807) is 0 Å². The molecule has 3 rings (SSSR count). The molecule has 0 saturated carbocycles. The van der Waals surface area contributed by atoms with Gasteiger partial charge in [0.1, 0.15) is 11.8 Å². The molecule has 7 nitrogen and oxygen atoms in total. The monoisotopic (exact) mass is 391 g/mol. The summed E-state index contributed by atoms with van der Waals surface area (Å²) < 4.78 is 29.5. The number of sulfonamides is 1. The third-order valence-corrected chi connectivity index (χ3v) is 6.01. The quantitative estimate of drug-likeness (QED) is 0.729. The first-order valence-corrected chi connectivity index (χ1v) is 10.2. The minimum absolute atomic E-state index is 0.0212. The van der Waals surface area contributed by atoms with Gasteiger partial charge in [0.15, 0.2) is 0 Å². The first kappa shape index (κ1) is 18.4. The van der Waals surface area contributed by atoms with Crippen molar-refractivity contribution in [3.8, 4) is 5.75 Å². The zero-order chi connectivity index (χ0) is 18.6. The number of carbonyl (C=O) groups excluding carboxylic acids is 1. The van der Waals surface area contributed by atoms with Crippen molar-refractivity contribution in [2.75, 3.05) is 12.9 Å². The Balaban J connectivity index is 1.62. The molecule has 2 aromatic carbocycles. The number of carbonyl (C=O) groups is 1. The summed E-state index contributed by atoms with van der Waals surface area (Å²) in [6.07, 6.45) is 0. The third kappa shape index (κ3) is 4.24. The number of hydrazine groups is 1. The van der Waals surface area contributed by atoms with Gasteiger partial charge >= 0.3 is 0 Å². The standard InChI is InChI=1S/C17H17N3O4S2/c1-24-13-7-9-14(10-8-13)26(22,23)20-19-16(21)15-11-25-17(18-15)12-5-3-2-4-6-12/h2-10,15,20H,11H2,1H3,(H,19,21)/t15-/m0/s1. The van der Waals surface area contributed by atoms with E-state index >= 15 is 0 Å². The molecular weight excluding hydrogens is 374 g/mol. The molecule has 0 bridgehead atoms. The van der Waals surface area contributed by atoms with Crippen molar-refractivity contribution in [1.29, 1.82) is 0 Å². The highest BCUT2D eigenvalue weighted by atomic mass is 32.2. The fraction of sp³-hybridized carbons (Fsp3) is 0.176. The van der Waals surface area contributed by atoms with Crippen LogP contribution < -0.4 is 15.0 Å². The van der Waals surface area contributed by atoms with Crippen molar-refractivity contribution in [2.45, 2.75) is 10.9 Å². The average Bonchev–Trinajstić information content (AvgIpc) is 3.17. The van der Waals surface area contributed by atoms with Gasteiger partial charge in [-0.3, -0.25) is 15.2 Å². The van der Waals surface area contributed by atoms with E-state index in [9.17, 15) is 13.2 Å². The second-order valence-electron chi connectivity index (χ2n) is 5.40. The Hall–Kier alpha value is -2.36. The number of hydrogen-bond acceptors (Lipinski definition) is 6. The minimum Gasteiger partial charge on any atom is -0.497 e. The lowest BCUT2D eigenvalue weighted by molar-refractivity contribution is -0.122. The fourth-order valence-electron chi connectivity index (χ4n) is 2.26. The zero-order valence-electron chi connectivity index (χ0n) is 13.9. The number of ether oxygens (including phenoxy) is 1. The molecule has 26 heavy (non-hydrogen) atoms. The predicted molar refractivity (Wildman–Crippen MR) is 101 cm³/mol. The highest BCUT2D eigenvalue weighted by molar-refractivity contribution is 8.14. The Kier molecular flexibility index (Phi) is 5.60. The number of benzene rings is 2. The highest BCUT2D eigenvalue weighted by Crippen LogP contribution is 2.23. The van der Waals surface area contributed by atoms with Crippen molar-refractivity contribution >= 4 is 32.7 Å². The molecule has 0 aromatic heterocycles. The Morgan fingerprint density at radius 1 is 1.15 bits per heavy atom. The molecule has 0 spiro atoms. The van der Waals surface area contributed by atoms with E-state index in [1.165, 1.54) is 43.1 Å². The molecule has 0 radical (unpaired) electrons. The van der Waals surface area contributed by atoms with Crippen LogP contribution in [0.25, 0.3) is 0 Å². The number of rotatable bonds is 6. The topological polar surface area (TPSA) is 96.9 Å². The van der Waals surface area contributed by atoms with Gasteiger partial charge in [-0.15, -0.1) is 16.6 Å². The van der Waals surface area contributed by atoms with Gasteiger partial charge in [-0.25, -0.2) is 8.42 Å². The fourth-order valence-corrected chi connectivity index (χ4v) is 4.15. The first-order chi connectivity index (χ1) is 12.5. The van der Waals surface area contributed by atoms with Crippen LogP contribution in [0.2, 0.25) is 0 Å². The third-order valence-electron chi connectivity index (χ3n) is 3.65. The molecule has 0 unspecified atom stereocenters. The highest BCUT2D eigenvalue weighted by Gasteiger charge is 2.26. The van der Waals surface area contributed by atoms with Crippen LogP contribution in [0, 0.1) is 0 Å². The van der Waals surface area contributed by atoms with E-state index in [2.05, 4.69) is 15.2 Å². The van der Waals surface area contributed by atoms with Gasteiger partial charge in [-0.2, -0.15) is 0 Å². The van der Waals surface area contributed by atoms with Crippen LogP contribution in [0.4, 0.5) is 0 Å². The molecule has 136 valence electrons. The maximum atomic E-state index is 12.2.